The molecule has 142 valence electrons. The monoisotopic (exact) mass is 372 g/mol. The molecule has 1 heterocycles. The van der Waals surface area contributed by atoms with Gasteiger partial charge in [-0.05, 0) is 49.2 Å². The lowest BCUT2D eigenvalue weighted by atomic mass is 10.1. The number of nitrogens with one attached hydrogen (secondary N) is 1. The number of halogens is 2. The van der Waals surface area contributed by atoms with Crippen LogP contribution in [0.2, 0.25) is 0 Å². The van der Waals surface area contributed by atoms with Crippen LogP contribution in [-0.4, -0.2) is 15.6 Å². The summed E-state index contributed by atoms with van der Waals surface area (Å²) in [6.07, 6.45) is 1.99. The topological polar surface area (TPSA) is 54.3 Å². The minimum absolute atomic E-state index is 0.00734. The number of carbonyl (C=O) groups is 1. The molecule has 0 bridgehead atoms. The van der Waals surface area contributed by atoms with Gasteiger partial charge < -0.3 is 15.0 Å². The second kappa shape index (κ2) is 7.78. The number of rotatable bonds is 6. The van der Waals surface area contributed by atoms with E-state index >= 15 is 0 Å². The van der Waals surface area contributed by atoms with Crippen LogP contribution in [-0.2, 0) is 13.1 Å². The van der Waals surface area contributed by atoms with Crippen LogP contribution in [0.3, 0.4) is 0 Å². The Morgan fingerprint density at radius 2 is 1.85 bits per heavy atom. The molecule has 0 atom stereocenters. The van der Waals surface area contributed by atoms with Gasteiger partial charge in [-0.3, -0.25) is 4.79 Å². The largest absolute Gasteiger partial charge is 0.508 e. The summed E-state index contributed by atoms with van der Waals surface area (Å²) in [4.78, 5) is 12.8. The fourth-order valence-corrected chi connectivity index (χ4v) is 3.34. The van der Waals surface area contributed by atoms with Gasteiger partial charge in [-0.25, -0.2) is 8.78 Å². The van der Waals surface area contributed by atoms with E-state index in [1.807, 2.05) is 6.92 Å². The Morgan fingerprint density at radius 1 is 1.15 bits per heavy atom. The Hall–Kier alpha value is -2.89. The van der Waals surface area contributed by atoms with Gasteiger partial charge >= 0.3 is 0 Å². The van der Waals surface area contributed by atoms with Gasteiger partial charge in [-0.2, -0.15) is 0 Å². The van der Waals surface area contributed by atoms with Gasteiger partial charge in [0.15, 0.2) is 0 Å². The first-order valence-electron chi connectivity index (χ1n) is 8.95. The van der Waals surface area contributed by atoms with Crippen molar-refractivity contribution in [2.24, 2.45) is 0 Å². The van der Waals surface area contributed by atoms with Crippen LogP contribution >= 0.6 is 0 Å². The van der Waals surface area contributed by atoms with Gasteiger partial charge in [0.05, 0.1) is 5.56 Å². The number of benzene rings is 2. The van der Waals surface area contributed by atoms with Crippen molar-refractivity contribution in [2.45, 2.75) is 39.8 Å². The van der Waals surface area contributed by atoms with Gasteiger partial charge in [-0.1, -0.05) is 13.3 Å². The number of phenolic OH excluding ortho intramolecular Hbond substituents is 1. The minimum Gasteiger partial charge on any atom is -0.508 e. The van der Waals surface area contributed by atoms with E-state index < -0.39 is 11.6 Å². The highest BCUT2D eigenvalue weighted by molar-refractivity contribution is 6.08. The van der Waals surface area contributed by atoms with E-state index in [2.05, 4.69) is 16.8 Å². The number of unbranched alkanes of at least 4 members (excludes halogenated alkanes) is 1. The third kappa shape index (κ3) is 3.94. The lowest BCUT2D eigenvalue weighted by Crippen LogP contribution is -2.23. The Balaban J connectivity index is 1.93. The van der Waals surface area contributed by atoms with E-state index in [4.69, 9.17) is 0 Å². The number of aryl methyl sites for hydroxylation is 1. The summed E-state index contributed by atoms with van der Waals surface area (Å²) in [6, 6.07) is 8.13. The zero-order valence-corrected chi connectivity index (χ0v) is 15.4. The molecule has 2 aromatic carbocycles. The molecule has 3 aromatic rings. The van der Waals surface area contributed by atoms with Crippen LogP contribution in [0.4, 0.5) is 8.78 Å². The molecule has 0 fully saturated rings. The molecule has 0 unspecified atom stereocenters. The molecule has 3 rings (SSSR count). The number of hydrogen-bond acceptors (Lipinski definition) is 2. The van der Waals surface area contributed by atoms with Crippen molar-refractivity contribution in [2.75, 3.05) is 0 Å². The Morgan fingerprint density at radius 3 is 2.52 bits per heavy atom. The second-order valence-corrected chi connectivity index (χ2v) is 6.63. The molecular weight excluding hydrogens is 350 g/mol. The third-order valence-electron chi connectivity index (χ3n) is 4.64. The maximum absolute atomic E-state index is 13.3. The summed E-state index contributed by atoms with van der Waals surface area (Å²) in [5.41, 5.74) is 2.48. The molecule has 0 aliphatic rings. The lowest BCUT2D eigenvalue weighted by molar-refractivity contribution is 0.0951. The zero-order chi connectivity index (χ0) is 19.6. The average Bonchev–Trinajstić information content (AvgIpc) is 2.87. The highest BCUT2D eigenvalue weighted by Gasteiger charge is 2.20. The number of amides is 1. The SMILES string of the molecule is CCCCn1c(C)c(C(=O)NCc2cc(F)cc(F)c2)c2cc(O)ccc21. The van der Waals surface area contributed by atoms with Crippen LogP contribution in [0, 0.1) is 18.6 Å². The van der Waals surface area contributed by atoms with Crippen molar-refractivity contribution in [3.63, 3.8) is 0 Å². The van der Waals surface area contributed by atoms with Crippen molar-refractivity contribution in [1.29, 1.82) is 0 Å². The van der Waals surface area contributed by atoms with Crippen molar-refractivity contribution >= 4 is 16.8 Å². The van der Waals surface area contributed by atoms with Gasteiger partial charge in [0.1, 0.15) is 17.4 Å². The summed E-state index contributed by atoms with van der Waals surface area (Å²) in [7, 11) is 0. The van der Waals surface area contributed by atoms with Crippen molar-refractivity contribution < 1.29 is 18.7 Å². The van der Waals surface area contributed by atoms with Crippen molar-refractivity contribution in [1.82, 2.24) is 9.88 Å². The number of aromatic nitrogens is 1. The first kappa shape index (κ1) is 18.9. The van der Waals surface area contributed by atoms with E-state index in [0.717, 1.165) is 36.7 Å². The molecule has 6 heteroatoms. The maximum Gasteiger partial charge on any atom is 0.254 e. The van der Waals surface area contributed by atoms with E-state index in [9.17, 15) is 18.7 Å². The summed E-state index contributed by atoms with van der Waals surface area (Å²) in [5, 5.41) is 13.2. The van der Waals surface area contributed by atoms with Crippen molar-refractivity contribution in [3.05, 3.63) is 64.9 Å². The van der Waals surface area contributed by atoms with Crippen LogP contribution in [0.25, 0.3) is 10.9 Å². The van der Waals surface area contributed by atoms with Crippen LogP contribution in [0.5, 0.6) is 5.75 Å². The molecule has 0 saturated carbocycles. The first-order chi connectivity index (χ1) is 12.9. The molecule has 4 nitrogen and oxygen atoms in total. The summed E-state index contributed by atoms with van der Waals surface area (Å²) < 4.78 is 28.7. The maximum atomic E-state index is 13.3. The van der Waals surface area contributed by atoms with Gasteiger partial charge in [0.2, 0.25) is 0 Å². The highest BCUT2D eigenvalue weighted by Crippen LogP contribution is 2.29. The molecule has 0 aliphatic heterocycles. The fourth-order valence-electron chi connectivity index (χ4n) is 3.34. The molecule has 1 aromatic heterocycles. The van der Waals surface area contributed by atoms with E-state index in [0.29, 0.717) is 16.5 Å². The van der Waals surface area contributed by atoms with Gasteiger partial charge in [0, 0.05) is 35.8 Å². The van der Waals surface area contributed by atoms with Crippen LogP contribution in [0.15, 0.2) is 36.4 Å². The van der Waals surface area contributed by atoms with Crippen LogP contribution < -0.4 is 5.32 Å². The molecule has 2 N–H and O–H groups in total. The number of phenols is 1. The molecule has 0 aliphatic carbocycles. The average molecular weight is 372 g/mol. The molecule has 0 saturated heterocycles. The van der Waals surface area contributed by atoms with E-state index in [1.54, 1.807) is 18.2 Å². The standard InChI is InChI=1S/C21H22F2N2O2/c1-3-4-7-25-13(2)20(18-11-17(26)5-6-19(18)25)21(27)24-12-14-8-15(22)10-16(23)9-14/h5-6,8-11,26H,3-4,7,12H2,1-2H3,(H,24,27). The Labute approximate surface area is 156 Å². The second-order valence-electron chi connectivity index (χ2n) is 6.63. The number of hydrogen-bond donors (Lipinski definition) is 2. The quantitative estimate of drug-likeness (QED) is 0.661. The van der Waals surface area contributed by atoms with Gasteiger partial charge in [-0.15, -0.1) is 0 Å². The Bertz CT molecular complexity index is 975. The number of carbonyl (C=O) groups excluding carboxylic acids is 1. The minimum atomic E-state index is -0.684. The molecule has 1 amide bonds. The summed E-state index contributed by atoms with van der Waals surface area (Å²) >= 11 is 0. The Kier molecular flexibility index (Phi) is 5.44. The smallest absolute Gasteiger partial charge is 0.254 e. The summed E-state index contributed by atoms with van der Waals surface area (Å²) in [6.45, 7) is 4.74. The predicted octanol–water partition coefficient (Wildman–Crippen LogP) is 4.66. The molecule has 0 radical (unpaired) electrons. The molecular formula is C21H22F2N2O2. The fraction of sp³-hybridized carbons (Fsp3) is 0.286. The van der Waals surface area contributed by atoms with E-state index in [-0.39, 0.29) is 18.2 Å². The number of nitrogens with zero attached hydrogens (tertiary/aromatic N) is 1. The number of aromatic hydroxyl groups is 1. The first-order valence-corrected chi connectivity index (χ1v) is 8.95. The predicted molar refractivity (Wildman–Crippen MR) is 101 cm³/mol. The van der Waals surface area contributed by atoms with E-state index in [1.165, 1.54) is 12.1 Å². The van der Waals surface area contributed by atoms with Crippen LogP contribution in [0.1, 0.15) is 41.4 Å². The zero-order valence-electron chi connectivity index (χ0n) is 15.4. The molecule has 0 spiro atoms. The van der Waals surface area contributed by atoms with Gasteiger partial charge in [0.25, 0.3) is 5.91 Å². The van der Waals surface area contributed by atoms with Crippen molar-refractivity contribution in [3.8, 4) is 5.75 Å². The normalized spacial score (nSPS) is 11.1. The summed E-state index contributed by atoms with van der Waals surface area (Å²) in [5.74, 6) is -1.63. The lowest BCUT2D eigenvalue weighted by Gasteiger charge is -2.09. The third-order valence-corrected chi connectivity index (χ3v) is 4.64. The molecule has 27 heavy (non-hydrogen) atoms. The number of fused-ring (bicyclic) bond motifs is 1. The highest BCUT2D eigenvalue weighted by atomic mass is 19.1.